The lowest BCUT2D eigenvalue weighted by molar-refractivity contribution is -0.127. The summed E-state index contributed by atoms with van der Waals surface area (Å²) in [6.07, 6.45) is 1.45. The number of hydrogen-bond donors (Lipinski definition) is 1. The van der Waals surface area contributed by atoms with Crippen molar-refractivity contribution in [3.05, 3.63) is 77.1 Å². The van der Waals surface area contributed by atoms with Crippen LogP contribution in [0.1, 0.15) is 12.7 Å². The summed E-state index contributed by atoms with van der Waals surface area (Å²) in [6.45, 7) is 2.00. The van der Waals surface area contributed by atoms with Crippen LogP contribution in [0.15, 0.2) is 70.0 Å². The van der Waals surface area contributed by atoms with E-state index in [1.807, 2.05) is 6.92 Å². The molecule has 1 N–H and O–H groups in total. The maximum Gasteiger partial charge on any atom is 0.294 e. The van der Waals surface area contributed by atoms with Gasteiger partial charge in [-0.05, 0) is 79.3 Å². The summed E-state index contributed by atoms with van der Waals surface area (Å²) in [5.74, 6) is 0.0950. The zero-order chi connectivity index (χ0) is 23.4. The predicted molar refractivity (Wildman–Crippen MR) is 123 cm³/mol. The topological polar surface area (TPSA) is 88.8 Å². The third kappa shape index (κ3) is 5.32. The fourth-order valence-electron chi connectivity index (χ4n) is 3.11. The molecule has 0 bridgehead atoms. The van der Waals surface area contributed by atoms with Gasteiger partial charge in [-0.2, -0.15) is 0 Å². The van der Waals surface area contributed by atoms with Crippen LogP contribution in [0.4, 0.5) is 14.9 Å². The zero-order valence-electron chi connectivity index (χ0n) is 17.5. The molecule has 3 amide bonds. The van der Waals surface area contributed by atoms with E-state index in [9.17, 15) is 18.8 Å². The van der Waals surface area contributed by atoms with Crippen molar-refractivity contribution in [1.82, 2.24) is 4.90 Å². The number of halogens is 1. The van der Waals surface area contributed by atoms with Gasteiger partial charge in [0.1, 0.15) is 29.6 Å². The molecule has 0 aliphatic carbocycles. The van der Waals surface area contributed by atoms with E-state index in [-0.39, 0.29) is 10.7 Å². The highest BCUT2D eigenvalue weighted by Gasteiger charge is 2.36. The molecule has 0 unspecified atom stereocenters. The third-order valence-electron chi connectivity index (χ3n) is 4.65. The molecule has 2 heterocycles. The highest BCUT2D eigenvalue weighted by atomic mass is 32.2. The lowest BCUT2D eigenvalue weighted by Gasteiger charge is -2.12. The number of anilines is 1. The van der Waals surface area contributed by atoms with E-state index in [2.05, 4.69) is 5.32 Å². The Hall–Kier alpha value is -3.85. The van der Waals surface area contributed by atoms with Gasteiger partial charge in [0.15, 0.2) is 0 Å². The normalized spacial score (nSPS) is 14.7. The van der Waals surface area contributed by atoms with Gasteiger partial charge in [0.25, 0.3) is 11.1 Å². The van der Waals surface area contributed by atoms with Crippen LogP contribution in [-0.2, 0) is 9.59 Å². The molecule has 1 aliphatic heterocycles. The van der Waals surface area contributed by atoms with Crippen molar-refractivity contribution < 1.29 is 27.9 Å². The van der Waals surface area contributed by atoms with Crippen molar-refractivity contribution in [3.8, 4) is 17.1 Å². The zero-order valence-corrected chi connectivity index (χ0v) is 18.4. The minimum absolute atomic E-state index is 0.147. The Labute approximate surface area is 193 Å². The van der Waals surface area contributed by atoms with Gasteiger partial charge in [-0.15, -0.1) is 0 Å². The monoisotopic (exact) mass is 466 g/mol. The predicted octanol–water partition coefficient (Wildman–Crippen LogP) is 5.16. The first kappa shape index (κ1) is 22.3. The van der Waals surface area contributed by atoms with Gasteiger partial charge in [-0.25, -0.2) is 4.39 Å². The largest absolute Gasteiger partial charge is 0.494 e. The summed E-state index contributed by atoms with van der Waals surface area (Å²) in [5.41, 5.74) is 1.20. The fraction of sp³-hybridized carbons (Fsp3) is 0.125. The summed E-state index contributed by atoms with van der Waals surface area (Å²) in [4.78, 5) is 38.4. The number of nitrogens with one attached hydrogen (secondary N) is 1. The second-order valence-electron chi connectivity index (χ2n) is 6.98. The molecule has 9 heteroatoms. The van der Waals surface area contributed by atoms with E-state index >= 15 is 0 Å². The second-order valence-corrected chi connectivity index (χ2v) is 7.98. The number of hydrogen-bond acceptors (Lipinski definition) is 6. The first-order valence-electron chi connectivity index (χ1n) is 10.1. The molecular formula is C24H19FN2O5S. The summed E-state index contributed by atoms with van der Waals surface area (Å²) >= 11 is 0.732. The Kier molecular flexibility index (Phi) is 6.60. The van der Waals surface area contributed by atoms with E-state index in [1.54, 1.807) is 48.5 Å². The smallest absolute Gasteiger partial charge is 0.294 e. The first-order valence-corrected chi connectivity index (χ1v) is 10.9. The van der Waals surface area contributed by atoms with Crippen LogP contribution >= 0.6 is 11.8 Å². The van der Waals surface area contributed by atoms with Crippen molar-refractivity contribution in [1.29, 1.82) is 0 Å². The molecule has 2 aromatic carbocycles. The van der Waals surface area contributed by atoms with E-state index in [0.717, 1.165) is 16.7 Å². The minimum atomic E-state index is -0.577. The quantitative estimate of drug-likeness (QED) is 0.484. The van der Waals surface area contributed by atoms with E-state index < -0.39 is 23.6 Å². The number of furan rings is 1. The molecular weight excluding hydrogens is 447 g/mol. The van der Waals surface area contributed by atoms with Crippen LogP contribution in [0.2, 0.25) is 0 Å². The summed E-state index contributed by atoms with van der Waals surface area (Å²) < 4.78 is 24.1. The van der Waals surface area contributed by atoms with Gasteiger partial charge in [-0.3, -0.25) is 19.3 Å². The molecule has 0 spiro atoms. The fourth-order valence-corrected chi connectivity index (χ4v) is 3.93. The molecule has 1 fully saturated rings. The maximum atomic E-state index is 13.1. The van der Waals surface area contributed by atoms with Gasteiger partial charge in [0.05, 0.1) is 11.5 Å². The van der Waals surface area contributed by atoms with Gasteiger partial charge in [0.2, 0.25) is 5.91 Å². The van der Waals surface area contributed by atoms with Gasteiger partial charge in [-0.1, -0.05) is 0 Å². The van der Waals surface area contributed by atoms with Crippen LogP contribution < -0.4 is 10.1 Å². The lowest BCUT2D eigenvalue weighted by atomic mass is 10.2. The molecule has 168 valence electrons. The minimum Gasteiger partial charge on any atom is -0.494 e. The van der Waals surface area contributed by atoms with Crippen molar-refractivity contribution in [3.63, 3.8) is 0 Å². The Balaban J connectivity index is 1.40. The number of carbonyl (C=O) groups is 3. The number of thioether (sulfide) groups is 1. The average Bonchev–Trinajstić information content (AvgIpc) is 3.36. The standard InChI is InChI=1S/C24H19FN2O5S/c1-2-31-18-9-7-17(8-10-18)26-22(28)14-27-23(29)21(33-24(27)30)13-19-11-12-20(32-19)15-3-5-16(25)6-4-15/h3-13H,2,14H2,1H3,(H,26,28)/b21-13+. The van der Waals surface area contributed by atoms with Gasteiger partial charge >= 0.3 is 0 Å². The SMILES string of the molecule is CCOc1ccc(NC(=O)CN2C(=O)S/C(=C/c3ccc(-c4ccc(F)cc4)o3)C2=O)cc1. The maximum absolute atomic E-state index is 13.1. The summed E-state index contributed by atoms with van der Waals surface area (Å²) in [5, 5.41) is 2.11. The lowest BCUT2D eigenvalue weighted by Crippen LogP contribution is -2.36. The molecule has 0 saturated carbocycles. The molecule has 1 aliphatic rings. The molecule has 3 aromatic rings. The van der Waals surface area contributed by atoms with E-state index in [4.69, 9.17) is 9.15 Å². The molecule has 1 saturated heterocycles. The summed E-state index contributed by atoms with van der Waals surface area (Å²) in [7, 11) is 0. The average molecular weight is 466 g/mol. The van der Waals surface area contributed by atoms with Crippen LogP contribution in [0.5, 0.6) is 5.75 Å². The third-order valence-corrected chi connectivity index (χ3v) is 5.56. The Bertz CT molecular complexity index is 1220. The molecule has 7 nitrogen and oxygen atoms in total. The Morgan fingerprint density at radius 2 is 1.82 bits per heavy atom. The number of ether oxygens (including phenoxy) is 1. The van der Waals surface area contributed by atoms with Crippen molar-refractivity contribution >= 4 is 40.6 Å². The number of nitrogens with zero attached hydrogens (tertiary/aromatic N) is 1. The van der Waals surface area contributed by atoms with Crippen LogP contribution in [-0.4, -0.2) is 35.1 Å². The van der Waals surface area contributed by atoms with Crippen molar-refractivity contribution in [2.24, 2.45) is 0 Å². The van der Waals surface area contributed by atoms with Gasteiger partial charge < -0.3 is 14.5 Å². The number of rotatable bonds is 7. The highest BCUT2D eigenvalue weighted by molar-refractivity contribution is 8.18. The highest BCUT2D eigenvalue weighted by Crippen LogP contribution is 2.33. The van der Waals surface area contributed by atoms with Crippen LogP contribution in [0.3, 0.4) is 0 Å². The molecule has 4 rings (SSSR count). The van der Waals surface area contributed by atoms with Crippen molar-refractivity contribution in [2.75, 3.05) is 18.5 Å². The second kappa shape index (κ2) is 9.74. The Morgan fingerprint density at radius 1 is 1.09 bits per heavy atom. The molecule has 1 aromatic heterocycles. The first-order chi connectivity index (χ1) is 15.9. The Morgan fingerprint density at radius 3 is 2.52 bits per heavy atom. The van der Waals surface area contributed by atoms with E-state index in [0.29, 0.717) is 35.1 Å². The van der Waals surface area contributed by atoms with Crippen LogP contribution in [0.25, 0.3) is 17.4 Å². The summed E-state index contributed by atoms with van der Waals surface area (Å²) in [6, 6.07) is 15.9. The number of benzene rings is 2. The number of imide groups is 1. The van der Waals surface area contributed by atoms with Gasteiger partial charge in [0, 0.05) is 17.3 Å². The van der Waals surface area contributed by atoms with E-state index in [1.165, 1.54) is 18.2 Å². The molecule has 33 heavy (non-hydrogen) atoms. The number of amides is 3. The van der Waals surface area contributed by atoms with Crippen LogP contribution in [0, 0.1) is 5.82 Å². The number of carbonyl (C=O) groups excluding carboxylic acids is 3. The van der Waals surface area contributed by atoms with Crippen molar-refractivity contribution in [2.45, 2.75) is 6.92 Å². The molecule has 0 radical (unpaired) electrons. The molecule has 0 atom stereocenters.